The molecule has 0 spiro atoms. The lowest BCUT2D eigenvalue weighted by Crippen LogP contribution is -2.41. The number of rotatable bonds is 7. The Bertz CT molecular complexity index is 494. The molecule has 0 amide bonds. The number of unbranched alkanes of at least 4 members (excludes halogenated alkanes) is 3. The Morgan fingerprint density at radius 1 is 0.692 bits per heavy atom. The molecule has 0 unspecified atom stereocenters. The minimum atomic E-state index is -0.361. The van der Waals surface area contributed by atoms with Gasteiger partial charge in [-0.15, -0.1) is 0 Å². The smallest absolute Gasteiger partial charge is 0.400 e. The molecule has 2 fully saturated rings. The van der Waals surface area contributed by atoms with E-state index in [2.05, 4.69) is 68.3 Å². The summed E-state index contributed by atoms with van der Waals surface area (Å²) in [4.78, 5) is 0. The maximum absolute atomic E-state index is 6.30. The maximum atomic E-state index is 6.30. The number of hydrogen-bond acceptors (Lipinski definition) is 4. The summed E-state index contributed by atoms with van der Waals surface area (Å²) in [6.07, 6.45) is 5.78. The van der Waals surface area contributed by atoms with E-state index in [1.165, 1.54) is 19.3 Å². The summed E-state index contributed by atoms with van der Waals surface area (Å²) in [6.45, 7) is 18.9. The summed E-state index contributed by atoms with van der Waals surface area (Å²) in [6, 6.07) is 0. The van der Waals surface area contributed by atoms with E-state index in [1.807, 2.05) is 0 Å². The first-order valence-electron chi connectivity index (χ1n) is 10.2. The third-order valence-electron chi connectivity index (χ3n) is 6.50. The van der Waals surface area contributed by atoms with Crippen molar-refractivity contribution in [2.45, 2.75) is 117 Å². The highest BCUT2D eigenvalue weighted by Crippen LogP contribution is 2.41. The summed E-state index contributed by atoms with van der Waals surface area (Å²) < 4.78 is 24.9. The Hall–Kier alpha value is -0.290. The topological polar surface area (TPSA) is 36.9 Å². The van der Waals surface area contributed by atoms with Crippen LogP contribution >= 0.6 is 0 Å². The Morgan fingerprint density at radius 3 is 1.62 bits per heavy atom. The van der Waals surface area contributed by atoms with E-state index in [0.29, 0.717) is 0 Å². The van der Waals surface area contributed by atoms with Crippen molar-refractivity contribution in [1.29, 1.82) is 0 Å². The van der Waals surface area contributed by atoms with Crippen LogP contribution in [0.1, 0.15) is 94.4 Å². The normalized spacial score (nSPS) is 26.6. The summed E-state index contributed by atoms with van der Waals surface area (Å²) >= 11 is 0. The average molecular weight is 364 g/mol. The second kappa shape index (κ2) is 7.62. The van der Waals surface area contributed by atoms with Crippen molar-refractivity contribution in [2.75, 3.05) is 0 Å². The molecule has 26 heavy (non-hydrogen) atoms. The van der Waals surface area contributed by atoms with Gasteiger partial charge in [-0.2, -0.15) is 0 Å². The van der Waals surface area contributed by atoms with Gasteiger partial charge in [-0.25, -0.2) is 0 Å². The molecule has 148 valence electrons. The highest BCUT2D eigenvalue weighted by Gasteiger charge is 2.54. The molecule has 2 aliphatic rings. The van der Waals surface area contributed by atoms with Crippen LogP contribution in [0, 0.1) is 0 Å². The van der Waals surface area contributed by atoms with Crippen molar-refractivity contribution in [3.05, 3.63) is 11.4 Å². The van der Waals surface area contributed by atoms with Crippen LogP contribution in [-0.4, -0.2) is 36.6 Å². The fraction of sp³-hybridized carbons (Fsp3) is 0.900. The van der Waals surface area contributed by atoms with Gasteiger partial charge >= 0.3 is 14.2 Å². The zero-order chi connectivity index (χ0) is 19.8. The van der Waals surface area contributed by atoms with E-state index < -0.39 is 0 Å². The van der Waals surface area contributed by atoms with Crippen LogP contribution in [0.15, 0.2) is 11.4 Å². The molecule has 2 heterocycles. The first kappa shape index (κ1) is 22.0. The zero-order valence-electron chi connectivity index (χ0n) is 18.4. The predicted molar refractivity (Wildman–Crippen MR) is 109 cm³/mol. The molecule has 0 aromatic heterocycles. The molecule has 0 aromatic rings. The molecule has 0 N–H and O–H groups in total. The van der Waals surface area contributed by atoms with Crippen molar-refractivity contribution in [1.82, 2.24) is 0 Å². The molecule has 4 nitrogen and oxygen atoms in total. The van der Waals surface area contributed by atoms with Gasteiger partial charge in [0.05, 0.1) is 22.4 Å². The standard InChI is InChI=1S/C20H38B2O4/c1-10-11-12-13-14-16(22-25-19(6,7)20(8,9)26-22)15-21-23-17(2,3)18(4,5)24-21/h15H,10-14H2,1-9H3/b16-15+. The van der Waals surface area contributed by atoms with Crippen molar-refractivity contribution in [2.24, 2.45) is 0 Å². The second-order valence-electron chi connectivity index (χ2n) is 9.77. The fourth-order valence-electron chi connectivity index (χ4n) is 3.16. The number of allylic oxidation sites excluding steroid dienone is 1. The van der Waals surface area contributed by atoms with Crippen LogP contribution in [0.2, 0.25) is 0 Å². The van der Waals surface area contributed by atoms with Gasteiger partial charge in [0.25, 0.3) is 0 Å². The molecular weight excluding hydrogens is 326 g/mol. The summed E-state index contributed by atoms with van der Waals surface area (Å²) in [5.74, 6) is 2.09. The highest BCUT2D eigenvalue weighted by atomic mass is 16.7. The van der Waals surface area contributed by atoms with Crippen LogP contribution in [0.3, 0.4) is 0 Å². The van der Waals surface area contributed by atoms with Gasteiger partial charge in [-0.3, -0.25) is 0 Å². The molecule has 0 atom stereocenters. The van der Waals surface area contributed by atoms with Gasteiger partial charge in [-0.05, 0) is 67.3 Å². The lowest BCUT2D eigenvalue weighted by molar-refractivity contribution is 0.00578. The monoisotopic (exact) mass is 364 g/mol. The Kier molecular flexibility index (Phi) is 6.44. The third-order valence-corrected chi connectivity index (χ3v) is 6.50. The van der Waals surface area contributed by atoms with Crippen molar-refractivity contribution in [3.8, 4) is 0 Å². The molecule has 2 aliphatic heterocycles. The third kappa shape index (κ3) is 4.57. The Labute approximate surface area is 161 Å². The summed E-state index contributed by atoms with van der Waals surface area (Å²) in [5, 5.41) is 0. The van der Waals surface area contributed by atoms with Gasteiger partial charge in [-0.1, -0.05) is 38.6 Å². The molecule has 0 aromatic carbocycles. The van der Waals surface area contributed by atoms with Crippen LogP contribution in [0.4, 0.5) is 0 Å². The van der Waals surface area contributed by atoms with Crippen LogP contribution in [0.25, 0.3) is 0 Å². The summed E-state index contributed by atoms with van der Waals surface area (Å²) in [7, 11) is -0.694. The SMILES string of the molecule is CCCCCC/C(=C\B1OC(C)(C)C(C)(C)O1)B1OC(C)(C)C(C)(C)O1. The molecule has 0 bridgehead atoms. The molecule has 0 radical (unpaired) electrons. The highest BCUT2D eigenvalue weighted by molar-refractivity contribution is 6.60. The number of hydrogen-bond donors (Lipinski definition) is 0. The Morgan fingerprint density at radius 2 is 1.15 bits per heavy atom. The van der Waals surface area contributed by atoms with E-state index in [-0.39, 0.29) is 36.6 Å². The summed E-state index contributed by atoms with van der Waals surface area (Å²) in [5.41, 5.74) is -0.209. The van der Waals surface area contributed by atoms with Gasteiger partial charge in [0, 0.05) is 0 Å². The van der Waals surface area contributed by atoms with Crippen LogP contribution in [0.5, 0.6) is 0 Å². The van der Waals surface area contributed by atoms with E-state index in [4.69, 9.17) is 18.6 Å². The first-order chi connectivity index (χ1) is 11.8. The van der Waals surface area contributed by atoms with Crippen LogP contribution in [-0.2, 0) is 18.6 Å². The lowest BCUT2D eigenvalue weighted by Gasteiger charge is -2.32. The Balaban J connectivity index is 2.17. The average Bonchev–Trinajstić information content (AvgIpc) is 2.81. The quantitative estimate of drug-likeness (QED) is 0.463. The van der Waals surface area contributed by atoms with Crippen molar-refractivity contribution >= 4 is 14.2 Å². The first-order valence-corrected chi connectivity index (χ1v) is 10.2. The molecular formula is C20H38B2O4. The molecule has 6 heteroatoms. The van der Waals surface area contributed by atoms with E-state index in [0.717, 1.165) is 18.3 Å². The second-order valence-corrected chi connectivity index (χ2v) is 9.77. The van der Waals surface area contributed by atoms with Gasteiger partial charge < -0.3 is 18.6 Å². The minimum Gasteiger partial charge on any atom is -0.400 e. The predicted octanol–water partition coefficient (Wildman–Crippen LogP) is 5.15. The molecule has 0 aliphatic carbocycles. The minimum absolute atomic E-state index is 0.333. The molecule has 2 rings (SSSR count). The van der Waals surface area contributed by atoms with Crippen LogP contribution < -0.4 is 0 Å². The van der Waals surface area contributed by atoms with Gasteiger partial charge in [0.2, 0.25) is 0 Å². The van der Waals surface area contributed by atoms with E-state index >= 15 is 0 Å². The lowest BCUT2D eigenvalue weighted by atomic mass is 9.69. The van der Waals surface area contributed by atoms with Gasteiger partial charge in [0.1, 0.15) is 0 Å². The largest absolute Gasteiger partial charge is 0.489 e. The molecule has 0 saturated carbocycles. The van der Waals surface area contributed by atoms with E-state index in [9.17, 15) is 0 Å². The fourth-order valence-corrected chi connectivity index (χ4v) is 3.16. The van der Waals surface area contributed by atoms with E-state index in [1.54, 1.807) is 0 Å². The maximum Gasteiger partial charge on any atom is 0.489 e. The van der Waals surface area contributed by atoms with Gasteiger partial charge in [0.15, 0.2) is 0 Å². The zero-order valence-corrected chi connectivity index (χ0v) is 18.4. The van der Waals surface area contributed by atoms with Crippen molar-refractivity contribution in [3.63, 3.8) is 0 Å². The van der Waals surface area contributed by atoms with Crippen molar-refractivity contribution < 1.29 is 18.6 Å². The molecule has 2 saturated heterocycles.